The van der Waals surface area contributed by atoms with Gasteiger partial charge in [-0.2, -0.15) is 5.10 Å². The van der Waals surface area contributed by atoms with Gasteiger partial charge in [0.05, 0.1) is 23.6 Å². The van der Waals surface area contributed by atoms with Gasteiger partial charge in [0.25, 0.3) is 0 Å². The molecule has 3 N–H and O–H groups in total. The molecule has 0 spiro atoms. The van der Waals surface area contributed by atoms with Crippen LogP contribution in [0.4, 0.5) is 5.95 Å². The lowest BCUT2D eigenvalue weighted by Gasteiger charge is -2.31. The zero-order chi connectivity index (χ0) is 36.4. The number of amides is 2. The van der Waals surface area contributed by atoms with E-state index in [2.05, 4.69) is 35.7 Å². The Hall–Kier alpha value is -5.37. The van der Waals surface area contributed by atoms with E-state index < -0.39 is 0 Å². The highest BCUT2D eigenvalue weighted by atomic mass is 32.2. The molecule has 4 heterocycles. The summed E-state index contributed by atoms with van der Waals surface area (Å²) in [6, 6.07) is 39.5. The smallest absolute Gasteiger partial charge is 0.241 e. The van der Waals surface area contributed by atoms with Crippen molar-refractivity contribution in [2.24, 2.45) is 5.10 Å². The number of aromatic nitrogens is 3. The maximum absolute atomic E-state index is 13.6. The van der Waals surface area contributed by atoms with Crippen molar-refractivity contribution in [1.29, 1.82) is 0 Å². The lowest BCUT2D eigenvalue weighted by molar-refractivity contribution is -0.119. The molecule has 6 aromatic rings. The molecule has 0 saturated carbocycles. The average Bonchev–Trinajstić information content (AvgIpc) is 4.02. The van der Waals surface area contributed by atoms with Gasteiger partial charge in [0, 0.05) is 10.4 Å². The van der Waals surface area contributed by atoms with Gasteiger partial charge >= 0.3 is 0 Å². The van der Waals surface area contributed by atoms with Crippen molar-refractivity contribution in [2.45, 2.75) is 42.7 Å². The van der Waals surface area contributed by atoms with Crippen LogP contribution in [0.5, 0.6) is 0 Å². The quantitative estimate of drug-likeness (QED) is 0.119. The molecule has 54 heavy (non-hydrogen) atoms. The first kappa shape index (κ1) is 34.4. The Morgan fingerprint density at radius 1 is 0.722 bits per heavy atom. The van der Waals surface area contributed by atoms with Gasteiger partial charge in [-0.15, -0.1) is 21.5 Å². The molecule has 0 radical (unpaired) electrons. The van der Waals surface area contributed by atoms with Gasteiger partial charge in [0.1, 0.15) is 5.00 Å². The van der Waals surface area contributed by atoms with Gasteiger partial charge in [-0.25, -0.2) is 4.57 Å². The topological polar surface area (TPSA) is 117 Å². The second kappa shape index (κ2) is 15.2. The average molecular weight is 769 g/mol. The van der Waals surface area contributed by atoms with Crippen LogP contribution < -0.4 is 21.0 Å². The van der Waals surface area contributed by atoms with Crippen LogP contribution in [0.15, 0.2) is 132 Å². The standard InChI is InChI=1S/C41H36N8O2S3/c50-32(42-35(26-14-5-1-6-15-26)27-16-7-2-8-17-27)24-52-40-46-44-37-34-30-22-13-23-31(30)54-38(34)49-39(48(37)40)45-47-41(49)53-25-33(51)43-36(28-18-9-3-10-19-28)29-20-11-4-12-21-29/h1-12,14-21,35-37,44H,13,22-25H2,(H,42,50)(H,43,51). The summed E-state index contributed by atoms with van der Waals surface area (Å²) in [4.78, 5) is 30.6. The first-order valence-corrected chi connectivity index (χ1v) is 20.7. The highest BCUT2D eigenvalue weighted by Gasteiger charge is 2.44. The summed E-state index contributed by atoms with van der Waals surface area (Å²) < 4.78 is 2.07. The monoisotopic (exact) mass is 768 g/mol. The largest absolute Gasteiger partial charge is 0.344 e. The van der Waals surface area contributed by atoms with Crippen molar-refractivity contribution in [1.82, 2.24) is 30.8 Å². The first-order valence-electron chi connectivity index (χ1n) is 17.9. The molecule has 0 saturated heterocycles. The molecule has 2 amide bonds. The number of fused-ring (bicyclic) bond motifs is 8. The van der Waals surface area contributed by atoms with E-state index >= 15 is 0 Å². The minimum Gasteiger partial charge on any atom is -0.344 e. The van der Waals surface area contributed by atoms with Crippen molar-refractivity contribution in [3.63, 3.8) is 0 Å². The van der Waals surface area contributed by atoms with E-state index in [1.807, 2.05) is 121 Å². The highest BCUT2D eigenvalue weighted by molar-refractivity contribution is 8.14. The highest BCUT2D eigenvalue weighted by Crippen LogP contribution is 2.50. The number of nitrogens with one attached hydrogen (secondary N) is 3. The number of thioether (sulfide) groups is 2. The molecule has 270 valence electrons. The number of aryl methyl sites for hydroxylation is 1. The summed E-state index contributed by atoms with van der Waals surface area (Å²) in [7, 11) is 0. The molecule has 9 rings (SSSR count). The Kier molecular flexibility index (Phi) is 9.66. The number of hydrogen-bond donors (Lipinski definition) is 3. The SMILES string of the molecule is O=C(CSC1=NNC2c3c(sc4c3CCC4)-n3c(SCC(=O)NC(c4ccccc4)c4ccccc4)nnc3N12)NC(c1ccccc1)c1ccccc1. The number of carbonyl (C=O) groups is 2. The summed E-state index contributed by atoms with van der Waals surface area (Å²) in [5.41, 5.74) is 9.95. The van der Waals surface area contributed by atoms with Gasteiger partial charge in [-0.05, 0) is 47.1 Å². The van der Waals surface area contributed by atoms with Crippen molar-refractivity contribution in [2.75, 3.05) is 16.4 Å². The lowest BCUT2D eigenvalue weighted by Crippen LogP contribution is -2.39. The third-order valence-corrected chi connectivity index (χ3v) is 13.0. The summed E-state index contributed by atoms with van der Waals surface area (Å²) in [6.45, 7) is 0. The summed E-state index contributed by atoms with van der Waals surface area (Å²) in [5, 5.41) is 22.9. The van der Waals surface area contributed by atoms with Crippen molar-refractivity contribution in [3.8, 4) is 5.00 Å². The second-order valence-corrected chi connectivity index (χ2v) is 16.2. The molecular weight excluding hydrogens is 733 g/mol. The van der Waals surface area contributed by atoms with Crippen molar-refractivity contribution in [3.05, 3.63) is 160 Å². The lowest BCUT2D eigenvalue weighted by atomic mass is 9.99. The molecule has 4 aromatic carbocycles. The number of benzene rings is 4. The number of amidine groups is 1. The van der Waals surface area contributed by atoms with Crippen LogP contribution >= 0.6 is 34.9 Å². The van der Waals surface area contributed by atoms with Crippen LogP contribution in [0.2, 0.25) is 0 Å². The van der Waals surface area contributed by atoms with E-state index in [0.29, 0.717) is 16.3 Å². The van der Waals surface area contributed by atoms with Gasteiger partial charge in [-0.1, -0.05) is 145 Å². The molecule has 1 atom stereocenters. The number of nitrogens with zero attached hydrogens (tertiary/aromatic N) is 5. The molecule has 1 unspecified atom stereocenters. The Morgan fingerprint density at radius 2 is 1.24 bits per heavy atom. The summed E-state index contributed by atoms with van der Waals surface area (Å²) >= 11 is 4.51. The van der Waals surface area contributed by atoms with Crippen LogP contribution in [0, 0.1) is 0 Å². The van der Waals surface area contributed by atoms with E-state index in [9.17, 15) is 9.59 Å². The van der Waals surface area contributed by atoms with E-state index in [1.54, 1.807) is 11.3 Å². The summed E-state index contributed by atoms with van der Waals surface area (Å²) in [6.07, 6.45) is 2.91. The zero-order valence-corrected chi connectivity index (χ0v) is 31.5. The maximum atomic E-state index is 13.6. The fraction of sp³-hybridized carbons (Fsp3) is 0.195. The number of thiophene rings is 1. The first-order chi connectivity index (χ1) is 26.6. The number of rotatable bonds is 11. The van der Waals surface area contributed by atoms with E-state index in [4.69, 9.17) is 5.10 Å². The fourth-order valence-electron chi connectivity index (χ4n) is 7.35. The Labute approximate surface area is 325 Å². The number of hydrogen-bond acceptors (Lipinski definition) is 10. The van der Waals surface area contributed by atoms with Crippen LogP contribution in [0.25, 0.3) is 5.00 Å². The van der Waals surface area contributed by atoms with E-state index in [0.717, 1.165) is 46.5 Å². The van der Waals surface area contributed by atoms with Crippen LogP contribution in [0.3, 0.4) is 0 Å². The third-order valence-electron chi connectivity index (χ3n) is 9.80. The van der Waals surface area contributed by atoms with E-state index in [1.165, 1.54) is 39.5 Å². The van der Waals surface area contributed by atoms with Crippen molar-refractivity contribution >= 4 is 57.8 Å². The Bertz CT molecular complexity index is 2240. The van der Waals surface area contributed by atoms with Gasteiger partial charge in [-0.3, -0.25) is 19.9 Å². The van der Waals surface area contributed by atoms with Crippen LogP contribution in [-0.2, 0) is 22.4 Å². The zero-order valence-electron chi connectivity index (χ0n) is 29.1. The second-order valence-electron chi connectivity index (χ2n) is 13.2. The minimum atomic E-state index is -0.279. The van der Waals surface area contributed by atoms with Gasteiger partial charge in [0.15, 0.2) is 16.5 Å². The van der Waals surface area contributed by atoms with Gasteiger partial charge < -0.3 is 10.6 Å². The predicted octanol–water partition coefficient (Wildman–Crippen LogP) is 7.15. The molecular formula is C41H36N8O2S3. The minimum absolute atomic E-state index is 0.103. The predicted molar refractivity (Wildman–Crippen MR) is 216 cm³/mol. The Morgan fingerprint density at radius 3 is 1.78 bits per heavy atom. The molecule has 1 aliphatic carbocycles. The molecule has 0 fully saturated rings. The van der Waals surface area contributed by atoms with Crippen LogP contribution in [0.1, 0.15) is 62.9 Å². The molecule has 10 nitrogen and oxygen atoms in total. The molecule has 13 heteroatoms. The molecule has 2 aliphatic heterocycles. The molecule has 2 aromatic heterocycles. The third kappa shape index (κ3) is 6.67. The van der Waals surface area contributed by atoms with Crippen LogP contribution in [-0.4, -0.2) is 43.3 Å². The number of hydrazone groups is 1. The van der Waals surface area contributed by atoms with Gasteiger partial charge in [0.2, 0.25) is 17.8 Å². The molecule has 0 bridgehead atoms. The Balaban J connectivity index is 0.942. The fourth-order valence-corrected chi connectivity index (χ4v) is 10.4. The summed E-state index contributed by atoms with van der Waals surface area (Å²) in [5.74, 6) is 0.731. The maximum Gasteiger partial charge on any atom is 0.241 e. The normalized spacial score (nSPS) is 15.3. The number of carbonyl (C=O) groups excluding carboxylic acids is 2. The van der Waals surface area contributed by atoms with E-state index in [-0.39, 0.29) is 41.6 Å². The van der Waals surface area contributed by atoms with Crippen molar-refractivity contribution < 1.29 is 9.59 Å². The number of anilines is 1. The molecule has 3 aliphatic rings.